The number of amides is 2. The van der Waals surface area contributed by atoms with Gasteiger partial charge in [0.05, 0.1) is 17.9 Å². The van der Waals surface area contributed by atoms with Gasteiger partial charge < -0.3 is 10.6 Å². The number of para-hydroxylation sites is 1. The summed E-state index contributed by atoms with van der Waals surface area (Å²) in [4.78, 5) is 25.0. The smallest absolute Gasteiger partial charge is 0.251 e. The minimum absolute atomic E-state index is 0.128. The zero-order valence-electron chi connectivity index (χ0n) is 18.1. The van der Waals surface area contributed by atoms with Crippen LogP contribution in [0.15, 0.2) is 54.6 Å². The van der Waals surface area contributed by atoms with Crippen LogP contribution in [-0.2, 0) is 10.2 Å². The molecule has 2 aromatic carbocycles. The molecule has 156 valence electrons. The van der Waals surface area contributed by atoms with E-state index >= 15 is 0 Å². The Morgan fingerprint density at radius 2 is 1.60 bits per heavy atom. The molecule has 0 unspecified atom stereocenters. The second-order valence-electron chi connectivity index (χ2n) is 8.41. The molecule has 1 heterocycles. The molecule has 6 heteroatoms. The van der Waals surface area contributed by atoms with E-state index in [1.807, 2.05) is 56.3 Å². The number of rotatable bonds is 5. The fourth-order valence-electron chi connectivity index (χ4n) is 3.09. The number of hydrogen-bond donors (Lipinski definition) is 2. The minimum atomic E-state index is -0.313. The normalized spacial score (nSPS) is 11.2. The Morgan fingerprint density at radius 1 is 0.967 bits per heavy atom. The largest absolute Gasteiger partial charge is 0.343 e. The Hall–Kier alpha value is -3.41. The Kier molecular flexibility index (Phi) is 6.06. The van der Waals surface area contributed by atoms with Gasteiger partial charge >= 0.3 is 0 Å². The molecule has 30 heavy (non-hydrogen) atoms. The van der Waals surface area contributed by atoms with Gasteiger partial charge in [0.1, 0.15) is 5.82 Å². The van der Waals surface area contributed by atoms with Crippen molar-refractivity contribution in [2.75, 3.05) is 11.9 Å². The van der Waals surface area contributed by atoms with Crippen molar-refractivity contribution in [3.05, 3.63) is 77.0 Å². The molecule has 0 bridgehead atoms. The maximum atomic E-state index is 12.6. The number of carbonyl (C=O) groups is 2. The highest BCUT2D eigenvalue weighted by atomic mass is 16.2. The number of hydrogen-bond acceptors (Lipinski definition) is 3. The molecule has 0 saturated heterocycles. The third-order valence-electron chi connectivity index (χ3n) is 4.89. The monoisotopic (exact) mass is 404 g/mol. The van der Waals surface area contributed by atoms with Gasteiger partial charge in [-0.3, -0.25) is 9.59 Å². The third-order valence-corrected chi connectivity index (χ3v) is 4.89. The van der Waals surface area contributed by atoms with Crippen molar-refractivity contribution in [2.24, 2.45) is 0 Å². The first kappa shape index (κ1) is 21.3. The van der Waals surface area contributed by atoms with Crippen molar-refractivity contribution in [3.63, 3.8) is 0 Å². The summed E-state index contributed by atoms with van der Waals surface area (Å²) in [5.41, 5.74) is 4.06. The van der Waals surface area contributed by atoms with Gasteiger partial charge in [0.15, 0.2) is 0 Å². The van der Waals surface area contributed by atoms with Gasteiger partial charge in [0.25, 0.3) is 5.91 Å². The Bertz CT molecular complexity index is 1080. The van der Waals surface area contributed by atoms with E-state index in [-0.39, 0.29) is 23.8 Å². The molecule has 0 aliphatic carbocycles. The summed E-state index contributed by atoms with van der Waals surface area (Å²) in [5.74, 6) is -0.0115. The van der Waals surface area contributed by atoms with Crippen molar-refractivity contribution in [2.45, 2.75) is 40.0 Å². The van der Waals surface area contributed by atoms with Crippen molar-refractivity contribution in [1.82, 2.24) is 15.1 Å². The number of carbonyl (C=O) groups excluding carboxylic acids is 2. The number of aryl methyl sites for hydroxylation is 2. The molecular formula is C24H28N4O2. The van der Waals surface area contributed by atoms with Crippen LogP contribution in [0.1, 0.15) is 48.0 Å². The quantitative estimate of drug-likeness (QED) is 0.671. The van der Waals surface area contributed by atoms with E-state index in [1.54, 1.807) is 16.8 Å². The Morgan fingerprint density at radius 3 is 2.23 bits per heavy atom. The predicted molar refractivity (Wildman–Crippen MR) is 119 cm³/mol. The molecule has 1 aromatic heterocycles. The SMILES string of the molecule is Cc1ccccc1C(=O)NCC(=O)Nc1cc(C(C)(C)C)nn1-c1ccccc1C. The van der Waals surface area contributed by atoms with Crippen LogP contribution < -0.4 is 10.6 Å². The molecule has 0 radical (unpaired) electrons. The third kappa shape index (κ3) is 4.76. The van der Waals surface area contributed by atoms with Gasteiger partial charge in [0, 0.05) is 17.0 Å². The topological polar surface area (TPSA) is 76.0 Å². The van der Waals surface area contributed by atoms with Crippen LogP contribution in [0.25, 0.3) is 5.69 Å². The zero-order valence-corrected chi connectivity index (χ0v) is 18.1. The first-order valence-corrected chi connectivity index (χ1v) is 9.97. The number of aromatic nitrogens is 2. The molecule has 3 rings (SSSR count). The van der Waals surface area contributed by atoms with Crippen LogP contribution in [-0.4, -0.2) is 28.1 Å². The van der Waals surface area contributed by atoms with E-state index in [9.17, 15) is 9.59 Å². The molecule has 0 aliphatic heterocycles. The summed E-state index contributed by atoms with van der Waals surface area (Å²) >= 11 is 0. The Labute approximate surface area is 177 Å². The highest BCUT2D eigenvalue weighted by Crippen LogP contribution is 2.27. The van der Waals surface area contributed by atoms with E-state index < -0.39 is 0 Å². The molecule has 0 atom stereocenters. The average Bonchev–Trinajstić information content (AvgIpc) is 3.11. The van der Waals surface area contributed by atoms with E-state index in [4.69, 9.17) is 5.10 Å². The lowest BCUT2D eigenvalue weighted by molar-refractivity contribution is -0.115. The maximum absolute atomic E-state index is 12.6. The molecule has 3 aromatic rings. The van der Waals surface area contributed by atoms with Crippen molar-refractivity contribution >= 4 is 17.6 Å². The van der Waals surface area contributed by atoms with E-state index in [0.29, 0.717) is 11.4 Å². The van der Waals surface area contributed by atoms with Gasteiger partial charge in [-0.25, -0.2) is 4.68 Å². The van der Waals surface area contributed by atoms with Gasteiger partial charge in [-0.05, 0) is 37.1 Å². The van der Waals surface area contributed by atoms with Crippen LogP contribution in [0.4, 0.5) is 5.82 Å². The molecular weight excluding hydrogens is 376 g/mol. The second-order valence-corrected chi connectivity index (χ2v) is 8.41. The first-order chi connectivity index (χ1) is 14.2. The molecule has 0 saturated carbocycles. The minimum Gasteiger partial charge on any atom is -0.343 e. The number of anilines is 1. The van der Waals surface area contributed by atoms with Gasteiger partial charge in [-0.2, -0.15) is 5.10 Å². The van der Waals surface area contributed by atoms with Crippen LogP contribution in [0.5, 0.6) is 0 Å². The fraction of sp³-hybridized carbons (Fsp3) is 0.292. The highest BCUT2D eigenvalue weighted by molar-refractivity contribution is 6.00. The van der Waals surface area contributed by atoms with Gasteiger partial charge in [0.2, 0.25) is 5.91 Å². The summed E-state index contributed by atoms with van der Waals surface area (Å²) < 4.78 is 1.75. The lowest BCUT2D eigenvalue weighted by Gasteiger charge is -2.14. The molecule has 0 spiro atoms. The highest BCUT2D eigenvalue weighted by Gasteiger charge is 2.22. The Balaban J connectivity index is 1.79. The van der Waals surface area contributed by atoms with Gasteiger partial charge in [-0.1, -0.05) is 57.2 Å². The second kappa shape index (κ2) is 8.53. The summed E-state index contributed by atoms with van der Waals surface area (Å²) in [6.45, 7) is 9.96. The van der Waals surface area contributed by atoms with E-state index in [1.165, 1.54) is 0 Å². The predicted octanol–water partition coefficient (Wildman–Crippen LogP) is 4.16. The van der Waals surface area contributed by atoms with Crippen molar-refractivity contribution < 1.29 is 9.59 Å². The van der Waals surface area contributed by atoms with Gasteiger partial charge in [-0.15, -0.1) is 0 Å². The van der Waals surface area contributed by atoms with Crippen molar-refractivity contribution in [3.8, 4) is 5.69 Å². The molecule has 0 aliphatic rings. The van der Waals surface area contributed by atoms with Crippen molar-refractivity contribution in [1.29, 1.82) is 0 Å². The molecule has 2 amide bonds. The molecule has 6 nitrogen and oxygen atoms in total. The summed E-state index contributed by atoms with van der Waals surface area (Å²) in [5, 5.41) is 10.3. The van der Waals surface area contributed by atoms with E-state index in [0.717, 1.165) is 22.5 Å². The van der Waals surface area contributed by atoms with Crippen LogP contribution in [0, 0.1) is 13.8 Å². The maximum Gasteiger partial charge on any atom is 0.251 e. The summed E-state index contributed by atoms with van der Waals surface area (Å²) in [6, 6.07) is 17.0. The number of nitrogens with one attached hydrogen (secondary N) is 2. The average molecular weight is 405 g/mol. The first-order valence-electron chi connectivity index (χ1n) is 9.97. The van der Waals surface area contributed by atoms with E-state index in [2.05, 4.69) is 31.4 Å². The van der Waals surface area contributed by atoms with Crippen LogP contribution in [0.2, 0.25) is 0 Å². The molecule has 2 N–H and O–H groups in total. The summed E-state index contributed by atoms with van der Waals surface area (Å²) in [7, 11) is 0. The molecule has 0 fully saturated rings. The number of benzene rings is 2. The van der Waals surface area contributed by atoms with Crippen LogP contribution >= 0.6 is 0 Å². The standard InChI is InChI=1S/C24H28N4O2/c1-16-10-6-8-12-18(16)23(30)25-15-22(29)26-21-14-20(24(3,4)5)27-28(21)19-13-9-7-11-17(19)2/h6-14H,15H2,1-5H3,(H,25,30)(H,26,29). The fourth-order valence-corrected chi connectivity index (χ4v) is 3.09. The zero-order chi connectivity index (χ0) is 21.9. The lowest BCUT2D eigenvalue weighted by atomic mass is 9.92. The van der Waals surface area contributed by atoms with Crippen LogP contribution in [0.3, 0.4) is 0 Å². The summed E-state index contributed by atoms with van der Waals surface area (Å²) in [6.07, 6.45) is 0. The lowest BCUT2D eigenvalue weighted by Crippen LogP contribution is -2.33. The number of nitrogens with zero attached hydrogens (tertiary/aromatic N) is 2.